The number of benzene rings is 1. The van der Waals surface area contributed by atoms with Crippen LogP contribution in [-0.2, 0) is 0 Å². The van der Waals surface area contributed by atoms with Crippen LogP contribution < -0.4 is 10.2 Å². The molecule has 0 aliphatic carbocycles. The van der Waals surface area contributed by atoms with E-state index < -0.39 is 0 Å². The Balaban J connectivity index is 2.69. The van der Waals surface area contributed by atoms with Gasteiger partial charge in [-0.3, -0.25) is 0 Å². The van der Waals surface area contributed by atoms with Crippen molar-refractivity contribution in [1.29, 1.82) is 0 Å². The number of rotatable bonds is 3. The molecule has 0 heterocycles. The lowest BCUT2D eigenvalue weighted by Gasteiger charge is -2.29. The molecule has 1 N–H and O–H groups in total. The highest BCUT2D eigenvalue weighted by molar-refractivity contribution is 5.54. The predicted molar refractivity (Wildman–Crippen MR) is 73.3 cm³/mol. The van der Waals surface area contributed by atoms with Gasteiger partial charge in [-0.2, -0.15) is 0 Å². The van der Waals surface area contributed by atoms with E-state index in [-0.39, 0.29) is 5.41 Å². The lowest BCUT2D eigenvalue weighted by Crippen LogP contribution is -2.30. The molecule has 0 aromatic heterocycles. The topological polar surface area (TPSA) is 15.3 Å². The number of hydrogen-bond donors (Lipinski definition) is 1. The Hall–Kier alpha value is -1.18. The average Bonchev–Trinajstić information content (AvgIpc) is 2.17. The van der Waals surface area contributed by atoms with Crippen LogP contribution in [0.3, 0.4) is 0 Å². The monoisotopic (exact) mass is 220 g/mol. The third-order valence-electron chi connectivity index (χ3n) is 3.07. The van der Waals surface area contributed by atoms with E-state index in [9.17, 15) is 0 Å². The summed E-state index contributed by atoms with van der Waals surface area (Å²) < 4.78 is 0. The maximum atomic E-state index is 3.53. The molecule has 1 rings (SSSR count). The van der Waals surface area contributed by atoms with Crippen LogP contribution in [0, 0.1) is 5.41 Å². The van der Waals surface area contributed by atoms with Crippen molar-refractivity contribution in [2.24, 2.45) is 5.41 Å². The zero-order valence-corrected chi connectivity index (χ0v) is 11.3. The molecule has 0 aliphatic heterocycles. The first kappa shape index (κ1) is 12.9. The van der Waals surface area contributed by atoms with Gasteiger partial charge in [-0.25, -0.2) is 0 Å². The van der Waals surface area contributed by atoms with Crippen molar-refractivity contribution in [3.8, 4) is 0 Å². The summed E-state index contributed by atoms with van der Waals surface area (Å²) in [6.45, 7) is 8.97. The van der Waals surface area contributed by atoms with Gasteiger partial charge in [-0.1, -0.05) is 20.8 Å². The molecule has 2 nitrogen and oxygen atoms in total. The standard InChI is InChI=1S/C14H24N2/c1-11(14(2,3)4)15-12-7-9-13(10-8-12)16(5)6/h7-11,15H,1-6H3. The Morgan fingerprint density at radius 3 is 1.94 bits per heavy atom. The molecule has 2 heteroatoms. The van der Waals surface area contributed by atoms with E-state index in [0.29, 0.717) is 6.04 Å². The quantitative estimate of drug-likeness (QED) is 0.837. The van der Waals surface area contributed by atoms with E-state index in [1.807, 2.05) is 0 Å². The maximum Gasteiger partial charge on any atom is 0.0362 e. The number of nitrogens with one attached hydrogen (secondary N) is 1. The van der Waals surface area contributed by atoms with Gasteiger partial charge in [0.25, 0.3) is 0 Å². The zero-order valence-electron chi connectivity index (χ0n) is 11.3. The first-order valence-corrected chi connectivity index (χ1v) is 5.84. The highest BCUT2D eigenvalue weighted by Crippen LogP contribution is 2.23. The summed E-state index contributed by atoms with van der Waals surface area (Å²) in [6.07, 6.45) is 0. The molecule has 0 saturated carbocycles. The van der Waals surface area contributed by atoms with Crippen LogP contribution in [0.25, 0.3) is 0 Å². The van der Waals surface area contributed by atoms with Gasteiger partial charge in [0.15, 0.2) is 0 Å². The van der Waals surface area contributed by atoms with Gasteiger partial charge < -0.3 is 10.2 Å². The average molecular weight is 220 g/mol. The maximum absolute atomic E-state index is 3.53. The fourth-order valence-electron chi connectivity index (χ4n) is 1.32. The van der Waals surface area contributed by atoms with Crippen LogP contribution >= 0.6 is 0 Å². The number of anilines is 2. The van der Waals surface area contributed by atoms with E-state index in [4.69, 9.17) is 0 Å². The smallest absolute Gasteiger partial charge is 0.0362 e. The molecule has 1 aromatic rings. The molecule has 0 saturated heterocycles. The third kappa shape index (κ3) is 3.44. The number of nitrogens with zero attached hydrogens (tertiary/aromatic N) is 1. The summed E-state index contributed by atoms with van der Waals surface area (Å²) in [6, 6.07) is 9.00. The van der Waals surface area contributed by atoms with Crippen LogP contribution in [0.5, 0.6) is 0 Å². The van der Waals surface area contributed by atoms with Gasteiger partial charge in [0, 0.05) is 31.5 Å². The Bertz CT molecular complexity index is 320. The third-order valence-corrected chi connectivity index (χ3v) is 3.07. The fraction of sp³-hybridized carbons (Fsp3) is 0.571. The molecule has 16 heavy (non-hydrogen) atoms. The molecule has 0 amide bonds. The van der Waals surface area contributed by atoms with Gasteiger partial charge in [0.1, 0.15) is 0 Å². The molecule has 0 spiro atoms. The van der Waals surface area contributed by atoms with Crippen LogP contribution in [0.2, 0.25) is 0 Å². The highest BCUT2D eigenvalue weighted by atomic mass is 15.1. The molecule has 90 valence electrons. The van der Waals surface area contributed by atoms with E-state index in [2.05, 4.69) is 76.3 Å². The number of hydrogen-bond acceptors (Lipinski definition) is 2. The first-order chi connectivity index (χ1) is 7.30. The van der Waals surface area contributed by atoms with Gasteiger partial charge in [0.05, 0.1) is 0 Å². The molecule has 0 bridgehead atoms. The van der Waals surface area contributed by atoms with Gasteiger partial charge in [0.2, 0.25) is 0 Å². The van der Waals surface area contributed by atoms with E-state index in [0.717, 1.165) is 0 Å². The van der Waals surface area contributed by atoms with Crippen molar-refractivity contribution in [1.82, 2.24) is 0 Å². The Morgan fingerprint density at radius 2 is 1.56 bits per heavy atom. The highest BCUT2D eigenvalue weighted by Gasteiger charge is 2.19. The van der Waals surface area contributed by atoms with Crippen LogP contribution in [0.15, 0.2) is 24.3 Å². The summed E-state index contributed by atoms with van der Waals surface area (Å²) in [5.41, 5.74) is 2.70. The summed E-state index contributed by atoms with van der Waals surface area (Å²) in [5, 5.41) is 3.53. The van der Waals surface area contributed by atoms with Crippen molar-refractivity contribution in [2.45, 2.75) is 33.7 Å². The Kier molecular flexibility index (Phi) is 3.84. The van der Waals surface area contributed by atoms with Gasteiger partial charge in [-0.15, -0.1) is 0 Å². The normalized spacial score (nSPS) is 13.4. The molecular weight excluding hydrogens is 196 g/mol. The Labute approximate surface area is 99.7 Å². The van der Waals surface area contributed by atoms with E-state index >= 15 is 0 Å². The molecule has 0 radical (unpaired) electrons. The lowest BCUT2D eigenvalue weighted by atomic mass is 9.88. The molecule has 1 aromatic carbocycles. The Morgan fingerprint density at radius 1 is 1.06 bits per heavy atom. The molecule has 1 unspecified atom stereocenters. The minimum Gasteiger partial charge on any atom is -0.382 e. The molecule has 1 atom stereocenters. The summed E-state index contributed by atoms with van der Waals surface area (Å²) in [5.74, 6) is 0. The van der Waals surface area contributed by atoms with Crippen molar-refractivity contribution in [2.75, 3.05) is 24.3 Å². The second-order valence-electron chi connectivity index (χ2n) is 5.67. The fourth-order valence-corrected chi connectivity index (χ4v) is 1.32. The SMILES string of the molecule is CC(Nc1ccc(N(C)C)cc1)C(C)(C)C. The summed E-state index contributed by atoms with van der Waals surface area (Å²) >= 11 is 0. The van der Waals surface area contributed by atoms with E-state index in [1.54, 1.807) is 0 Å². The van der Waals surface area contributed by atoms with Gasteiger partial charge in [-0.05, 0) is 36.6 Å². The molecule has 0 aliphatic rings. The minimum absolute atomic E-state index is 0.278. The summed E-state index contributed by atoms with van der Waals surface area (Å²) in [4.78, 5) is 2.11. The van der Waals surface area contributed by atoms with E-state index in [1.165, 1.54) is 11.4 Å². The second kappa shape index (κ2) is 4.77. The van der Waals surface area contributed by atoms with Crippen LogP contribution in [-0.4, -0.2) is 20.1 Å². The zero-order chi connectivity index (χ0) is 12.3. The molecular formula is C14H24N2. The van der Waals surface area contributed by atoms with Crippen LogP contribution in [0.1, 0.15) is 27.7 Å². The molecule has 0 fully saturated rings. The van der Waals surface area contributed by atoms with Crippen LogP contribution in [0.4, 0.5) is 11.4 Å². The van der Waals surface area contributed by atoms with Gasteiger partial charge >= 0.3 is 0 Å². The van der Waals surface area contributed by atoms with Crippen molar-refractivity contribution in [3.63, 3.8) is 0 Å². The lowest BCUT2D eigenvalue weighted by molar-refractivity contribution is 0.359. The van der Waals surface area contributed by atoms with Crippen molar-refractivity contribution < 1.29 is 0 Å². The summed E-state index contributed by atoms with van der Waals surface area (Å²) in [7, 11) is 4.11. The largest absolute Gasteiger partial charge is 0.382 e. The second-order valence-corrected chi connectivity index (χ2v) is 5.67. The minimum atomic E-state index is 0.278. The first-order valence-electron chi connectivity index (χ1n) is 5.84. The predicted octanol–water partition coefficient (Wildman–Crippen LogP) is 3.60. The van der Waals surface area contributed by atoms with Crippen molar-refractivity contribution >= 4 is 11.4 Å². The van der Waals surface area contributed by atoms with Crippen molar-refractivity contribution in [3.05, 3.63) is 24.3 Å².